The van der Waals surface area contributed by atoms with Crippen LogP contribution in [-0.4, -0.2) is 15.8 Å². The fourth-order valence-electron chi connectivity index (χ4n) is 0.317. The first kappa shape index (κ1) is 13.3. The first-order chi connectivity index (χ1) is 5.55. The van der Waals surface area contributed by atoms with Gasteiger partial charge in [-0.15, -0.1) is 0 Å². The zero-order chi connectivity index (χ0) is 10.9. The average molecular weight is 336 g/mol. The molecule has 8 heteroatoms. The van der Waals surface area contributed by atoms with E-state index in [9.17, 15) is 26.3 Å². The van der Waals surface area contributed by atoms with Crippen LogP contribution in [0.3, 0.4) is 0 Å². The van der Waals surface area contributed by atoms with Crippen molar-refractivity contribution in [1.82, 2.24) is 0 Å². The van der Waals surface area contributed by atoms with Gasteiger partial charge in [0.2, 0.25) is 0 Å². The van der Waals surface area contributed by atoms with Crippen molar-refractivity contribution in [2.75, 3.05) is 0 Å². The first-order valence-electron chi connectivity index (χ1n) is 2.70. The van der Waals surface area contributed by atoms with Crippen molar-refractivity contribution < 1.29 is 26.3 Å². The maximum Gasteiger partial charge on any atom is 0.404 e. The standard InChI is InChI=1S/C5H2Br2F6/c6-2(5(11,12)13)1-3(8)4(7,9)10/h1-2H/b3-1-. The first-order valence-corrected chi connectivity index (χ1v) is 4.41. The Hall–Kier alpha value is 0.280. The Balaban J connectivity index is 4.59. The molecule has 0 aliphatic rings. The number of hydrogen-bond acceptors (Lipinski definition) is 0. The lowest BCUT2D eigenvalue weighted by Gasteiger charge is -2.11. The van der Waals surface area contributed by atoms with E-state index < -0.39 is 21.7 Å². The fourth-order valence-corrected chi connectivity index (χ4v) is 0.682. The monoisotopic (exact) mass is 334 g/mol. The third kappa shape index (κ3) is 4.90. The van der Waals surface area contributed by atoms with E-state index >= 15 is 0 Å². The molecule has 0 heterocycles. The van der Waals surface area contributed by atoms with Crippen molar-refractivity contribution in [3.8, 4) is 0 Å². The molecular formula is C5H2Br2F6. The molecule has 1 atom stereocenters. The molecule has 0 aromatic rings. The highest BCUT2D eigenvalue weighted by Gasteiger charge is 2.39. The number of allylic oxidation sites excluding steroid dienone is 2. The highest BCUT2D eigenvalue weighted by atomic mass is 79.9. The topological polar surface area (TPSA) is 0 Å². The molecular weight excluding hydrogens is 334 g/mol. The third-order valence-corrected chi connectivity index (χ3v) is 2.04. The minimum atomic E-state index is -4.80. The Morgan fingerprint density at radius 2 is 1.54 bits per heavy atom. The van der Waals surface area contributed by atoms with E-state index in [0.29, 0.717) is 0 Å². The van der Waals surface area contributed by atoms with Gasteiger partial charge in [0.1, 0.15) is 4.83 Å². The van der Waals surface area contributed by atoms with E-state index in [1.54, 1.807) is 15.9 Å². The Labute approximate surface area is 86.2 Å². The summed E-state index contributed by atoms with van der Waals surface area (Å²) in [6.45, 7) is 0. The maximum atomic E-state index is 12.2. The second-order valence-corrected chi connectivity index (χ2v) is 3.94. The van der Waals surface area contributed by atoms with E-state index in [2.05, 4.69) is 0 Å². The summed E-state index contributed by atoms with van der Waals surface area (Å²) in [7, 11) is 0. The van der Waals surface area contributed by atoms with Crippen LogP contribution < -0.4 is 0 Å². The molecule has 0 amide bonds. The average Bonchev–Trinajstić information content (AvgIpc) is 1.82. The second-order valence-electron chi connectivity index (χ2n) is 1.96. The molecule has 0 nitrogen and oxygen atoms in total. The lowest BCUT2D eigenvalue weighted by molar-refractivity contribution is -0.119. The lowest BCUT2D eigenvalue weighted by Crippen LogP contribution is -2.22. The highest BCUT2D eigenvalue weighted by molar-refractivity contribution is 9.10. The molecule has 13 heavy (non-hydrogen) atoms. The Bertz CT molecular complexity index is 202. The van der Waals surface area contributed by atoms with Crippen molar-refractivity contribution in [2.45, 2.75) is 15.8 Å². The highest BCUT2D eigenvalue weighted by Crippen LogP contribution is 2.35. The molecule has 0 aliphatic heterocycles. The maximum absolute atomic E-state index is 12.2. The molecule has 0 rings (SSSR count). The Kier molecular flexibility index (Phi) is 4.29. The summed E-state index contributed by atoms with van der Waals surface area (Å²) in [6, 6.07) is 0. The van der Waals surface area contributed by atoms with Gasteiger partial charge in [-0.25, -0.2) is 4.39 Å². The molecule has 0 bridgehead atoms. The Morgan fingerprint density at radius 1 is 1.15 bits per heavy atom. The van der Waals surface area contributed by atoms with Crippen LogP contribution in [0, 0.1) is 0 Å². The van der Waals surface area contributed by atoms with Gasteiger partial charge in [0.05, 0.1) is 0 Å². The molecule has 78 valence electrons. The Morgan fingerprint density at radius 3 is 1.77 bits per heavy atom. The number of alkyl halides is 7. The van der Waals surface area contributed by atoms with Crippen molar-refractivity contribution in [3.63, 3.8) is 0 Å². The van der Waals surface area contributed by atoms with E-state index in [1.165, 1.54) is 0 Å². The number of halogens is 8. The summed E-state index contributed by atoms with van der Waals surface area (Å²) >= 11 is 3.57. The van der Waals surface area contributed by atoms with Gasteiger partial charge in [-0.05, 0) is 22.0 Å². The zero-order valence-corrected chi connectivity index (χ0v) is 8.85. The van der Waals surface area contributed by atoms with E-state index in [-0.39, 0.29) is 6.08 Å². The van der Waals surface area contributed by atoms with Crippen LogP contribution in [0.25, 0.3) is 0 Å². The number of rotatable bonds is 2. The zero-order valence-electron chi connectivity index (χ0n) is 5.68. The van der Waals surface area contributed by atoms with Gasteiger partial charge in [-0.2, -0.15) is 22.0 Å². The molecule has 0 aromatic carbocycles. The summed E-state index contributed by atoms with van der Waals surface area (Å²) < 4.78 is 71.2. The second kappa shape index (κ2) is 4.20. The normalized spacial score (nSPS) is 17.4. The summed E-state index contributed by atoms with van der Waals surface area (Å²) in [6.07, 6.45) is -5.05. The summed E-state index contributed by atoms with van der Waals surface area (Å²) in [5.41, 5.74) is 0. The minimum Gasteiger partial charge on any atom is -0.204 e. The van der Waals surface area contributed by atoms with Crippen molar-refractivity contribution in [2.24, 2.45) is 0 Å². The summed E-state index contributed by atoms with van der Waals surface area (Å²) in [5.74, 6) is -2.19. The van der Waals surface area contributed by atoms with Gasteiger partial charge in [0, 0.05) is 0 Å². The summed E-state index contributed by atoms with van der Waals surface area (Å²) in [4.78, 5) is -6.49. The smallest absolute Gasteiger partial charge is 0.204 e. The molecule has 0 saturated carbocycles. The van der Waals surface area contributed by atoms with Crippen LogP contribution >= 0.6 is 31.9 Å². The van der Waals surface area contributed by atoms with Crippen molar-refractivity contribution in [3.05, 3.63) is 11.9 Å². The van der Waals surface area contributed by atoms with Crippen LogP contribution in [0.4, 0.5) is 26.3 Å². The van der Waals surface area contributed by atoms with Crippen LogP contribution in [0.2, 0.25) is 0 Å². The van der Waals surface area contributed by atoms with Gasteiger partial charge in [0.25, 0.3) is 0 Å². The van der Waals surface area contributed by atoms with Gasteiger partial charge >= 0.3 is 11.0 Å². The third-order valence-electron chi connectivity index (χ3n) is 0.876. The SMILES string of the molecule is F/C(=C\C(Br)C(F)(F)F)C(F)(F)Br. The van der Waals surface area contributed by atoms with Crippen LogP contribution in [0.15, 0.2) is 11.9 Å². The van der Waals surface area contributed by atoms with Gasteiger partial charge in [-0.1, -0.05) is 15.9 Å². The van der Waals surface area contributed by atoms with Crippen LogP contribution in [-0.2, 0) is 0 Å². The fraction of sp³-hybridized carbons (Fsp3) is 0.600. The van der Waals surface area contributed by atoms with Crippen LogP contribution in [0.5, 0.6) is 0 Å². The minimum absolute atomic E-state index is 0.255. The van der Waals surface area contributed by atoms with E-state index in [0.717, 1.165) is 0 Å². The quantitative estimate of drug-likeness (QED) is 0.525. The van der Waals surface area contributed by atoms with Gasteiger partial charge < -0.3 is 0 Å². The molecule has 0 spiro atoms. The van der Waals surface area contributed by atoms with Crippen LogP contribution in [0.1, 0.15) is 0 Å². The van der Waals surface area contributed by atoms with Gasteiger partial charge in [-0.3, -0.25) is 0 Å². The predicted molar refractivity (Wildman–Crippen MR) is 41.8 cm³/mol. The predicted octanol–water partition coefficient (Wildman–Crippen LogP) is 4.15. The molecule has 0 aromatic heterocycles. The van der Waals surface area contributed by atoms with E-state index in [1.807, 2.05) is 15.9 Å². The largest absolute Gasteiger partial charge is 0.404 e. The summed E-state index contributed by atoms with van der Waals surface area (Å²) in [5, 5.41) is 0. The van der Waals surface area contributed by atoms with Gasteiger partial charge in [0.15, 0.2) is 5.83 Å². The lowest BCUT2D eigenvalue weighted by atomic mass is 10.3. The van der Waals surface area contributed by atoms with Crippen molar-refractivity contribution in [1.29, 1.82) is 0 Å². The number of hydrogen-bond donors (Lipinski definition) is 0. The molecule has 0 radical (unpaired) electrons. The molecule has 0 fully saturated rings. The molecule has 0 saturated heterocycles. The molecule has 1 unspecified atom stereocenters. The van der Waals surface area contributed by atoms with E-state index in [4.69, 9.17) is 0 Å². The molecule has 0 N–H and O–H groups in total. The molecule has 0 aliphatic carbocycles. The van der Waals surface area contributed by atoms with Crippen molar-refractivity contribution >= 4 is 31.9 Å².